The molecule has 0 saturated carbocycles. The van der Waals surface area contributed by atoms with Crippen molar-refractivity contribution in [2.75, 3.05) is 0 Å². The summed E-state index contributed by atoms with van der Waals surface area (Å²) in [7, 11) is 0. The Kier molecular flexibility index (Phi) is 5.18. The van der Waals surface area contributed by atoms with E-state index in [-0.39, 0.29) is 5.56 Å². The van der Waals surface area contributed by atoms with Gasteiger partial charge in [-0.15, -0.1) is 0 Å². The lowest BCUT2D eigenvalue weighted by molar-refractivity contribution is 0.557. The van der Waals surface area contributed by atoms with Crippen LogP contribution in [0.15, 0.2) is 58.7 Å². The Bertz CT molecular complexity index is 1170. The fourth-order valence-corrected chi connectivity index (χ4v) is 4.07. The van der Waals surface area contributed by atoms with Crippen LogP contribution in [-0.2, 0) is 12.3 Å². The molecule has 0 saturated heterocycles. The van der Waals surface area contributed by atoms with Gasteiger partial charge in [0.15, 0.2) is 5.16 Å². The van der Waals surface area contributed by atoms with Crippen LogP contribution in [0.1, 0.15) is 25.5 Å². The van der Waals surface area contributed by atoms with Crippen LogP contribution in [0.5, 0.6) is 0 Å². The van der Waals surface area contributed by atoms with Gasteiger partial charge in [0.25, 0.3) is 5.56 Å². The van der Waals surface area contributed by atoms with E-state index in [0.29, 0.717) is 22.7 Å². The molecule has 5 nitrogen and oxygen atoms in total. The Morgan fingerprint density at radius 2 is 1.96 bits per heavy atom. The van der Waals surface area contributed by atoms with E-state index in [1.165, 1.54) is 0 Å². The van der Waals surface area contributed by atoms with Gasteiger partial charge >= 0.3 is 0 Å². The number of nitrogens with zero attached hydrogens (tertiary/aromatic N) is 4. The van der Waals surface area contributed by atoms with Crippen molar-refractivity contribution >= 4 is 39.9 Å². The number of rotatable bonds is 6. The maximum Gasteiger partial charge on any atom is 0.262 e. The second-order valence-electron chi connectivity index (χ2n) is 6.36. The van der Waals surface area contributed by atoms with E-state index in [1.807, 2.05) is 53.2 Å². The van der Waals surface area contributed by atoms with Gasteiger partial charge in [-0.25, -0.2) is 9.97 Å². The highest BCUT2D eigenvalue weighted by Crippen LogP contribution is 2.23. The summed E-state index contributed by atoms with van der Waals surface area (Å²) < 4.78 is 3.71. The number of fused-ring (bicyclic) bond motifs is 2. The quantitative estimate of drug-likeness (QED) is 0.346. The minimum atomic E-state index is 0.0262. The van der Waals surface area contributed by atoms with E-state index in [2.05, 4.69) is 11.9 Å². The van der Waals surface area contributed by atoms with Crippen LogP contribution >= 0.6 is 23.4 Å². The molecule has 0 bridgehead atoms. The number of unbranched alkanes of at least 4 members (excludes halogenated alkanes) is 1. The molecule has 0 unspecified atom stereocenters. The van der Waals surface area contributed by atoms with Crippen molar-refractivity contribution in [3.63, 3.8) is 0 Å². The molecule has 0 radical (unpaired) electrons. The molecule has 0 aliphatic heterocycles. The van der Waals surface area contributed by atoms with Crippen molar-refractivity contribution in [1.29, 1.82) is 0 Å². The van der Waals surface area contributed by atoms with Crippen LogP contribution in [0, 0.1) is 0 Å². The molecule has 4 aromatic rings. The number of para-hydroxylation sites is 1. The smallest absolute Gasteiger partial charge is 0.262 e. The van der Waals surface area contributed by atoms with E-state index < -0.39 is 0 Å². The third-order valence-electron chi connectivity index (χ3n) is 4.38. The Morgan fingerprint density at radius 3 is 2.81 bits per heavy atom. The Balaban J connectivity index is 1.67. The maximum atomic E-state index is 12.9. The van der Waals surface area contributed by atoms with Crippen LogP contribution in [0.25, 0.3) is 16.6 Å². The summed E-state index contributed by atoms with van der Waals surface area (Å²) in [6, 6.07) is 11.2. The summed E-state index contributed by atoms with van der Waals surface area (Å²) in [5.41, 5.74) is 2.54. The van der Waals surface area contributed by atoms with Gasteiger partial charge in [0.2, 0.25) is 0 Å². The largest absolute Gasteiger partial charge is 0.305 e. The number of aromatic nitrogens is 4. The lowest BCUT2D eigenvalue weighted by Gasteiger charge is -2.12. The van der Waals surface area contributed by atoms with Crippen molar-refractivity contribution in [1.82, 2.24) is 18.9 Å². The minimum Gasteiger partial charge on any atom is -0.305 e. The number of halogens is 1. The predicted octanol–water partition coefficient (Wildman–Crippen LogP) is 4.79. The second-order valence-corrected chi connectivity index (χ2v) is 7.73. The minimum absolute atomic E-state index is 0.0262. The lowest BCUT2D eigenvalue weighted by atomic mass is 10.2. The molecule has 3 aromatic heterocycles. The topological polar surface area (TPSA) is 52.2 Å². The van der Waals surface area contributed by atoms with Crippen molar-refractivity contribution in [3.05, 3.63) is 69.9 Å². The zero-order chi connectivity index (χ0) is 18.8. The van der Waals surface area contributed by atoms with Crippen LogP contribution in [0.2, 0.25) is 5.02 Å². The number of thioether (sulfide) groups is 1. The van der Waals surface area contributed by atoms with E-state index in [4.69, 9.17) is 16.6 Å². The predicted molar refractivity (Wildman–Crippen MR) is 111 cm³/mol. The Labute approximate surface area is 166 Å². The third kappa shape index (κ3) is 3.73. The summed E-state index contributed by atoms with van der Waals surface area (Å²) in [6.07, 6.45) is 5.77. The molecule has 0 aliphatic rings. The van der Waals surface area contributed by atoms with Crippen molar-refractivity contribution in [2.45, 2.75) is 37.2 Å². The first-order valence-electron chi connectivity index (χ1n) is 8.91. The van der Waals surface area contributed by atoms with Gasteiger partial charge < -0.3 is 4.40 Å². The van der Waals surface area contributed by atoms with Gasteiger partial charge in [-0.05, 0) is 30.7 Å². The molecule has 4 rings (SSSR count). The molecule has 0 aliphatic carbocycles. The van der Waals surface area contributed by atoms with Gasteiger partial charge in [0, 0.05) is 24.7 Å². The lowest BCUT2D eigenvalue weighted by Crippen LogP contribution is -2.23. The maximum absolute atomic E-state index is 12.9. The van der Waals surface area contributed by atoms with Gasteiger partial charge in [-0.3, -0.25) is 9.36 Å². The first-order valence-corrected chi connectivity index (χ1v) is 10.3. The Morgan fingerprint density at radius 1 is 1.11 bits per heavy atom. The SMILES string of the molecule is CCCCn1c(SCc2cn3cc(Cl)ccc3n2)nc2ccccc2c1=O. The van der Waals surface area contributed by atoms with E-state index in [9.17, 15) is 4.79 Å². The third-order valence-corrected chi connectivity index (χ3v) is 5.61. The van der Waals surface area contributed by atoms with Gasteiger partial charge in [-0.1, -0.05) is 48.8 Å². The summed E-state index contributed by atoms with van der Waals surface area (Å²) in [5, 5.41) is 2.08. The molecule has 27 heavy (non-hydrogen) atoms. The van der Waals surface area contributed by atoms with E-state index in [0.717, 1.165) is 34.9 Å². The molecular weight excluding hydrogens is 380 g/mol. The zero-order valence-electron chi connectivity index (χ0n) is 14.9. The van der Waals surface area contributed by atoms with Crippen molar-refractivity contribution < 1.29 is 0 Å². The van der Waals surface area contributed by atoms with Gasteiger partial charge in [0.1, 0.15) is 5.65 Å². The van der Waals surface area contributed by atoms with Gasteiger partial charge in [0.05, 0.1) is 21.6 Å². The molecule has 0 N–H and O–H groups in total. The molecular formula is C20H19ClN4OS. The number of hydrogen-bond acceptors (Lipinski definition) is 4. The van der Waals surface area contributed by atoms with Crippen LogP contribution in [0.3, 0.4) is 0 Å². The molecule has 3 heterocycles. The van der Waals surface area contributed by atoms with E-state index in [1.54, 1.807) is 16.3 Å². The monoisotopic (exact) mass is 398 g/mol. The molecule has 1 aromatic carbocycles. The molecule has 0 atom stereocenters. The molecule has 0 fully saturated rings. The number of pyridine rings is 1. The molecule has 0 amide bonds. The molecule has 7 heteroatoms. The fraction of sp³-hybridized carbons (Fsp3) is 0.250. The number of benzene rings is 1. The van der Waals surface area contributed by atoms with Gasteiger partial charge in [-0.2, -0.15) is 0 Å². The average molecular weight is 399 g/mol. The highest BCUT2D eigenvalue weighted by atomic mass is 35.5. The molecule has 0 spiro atoms. The number of hydrogen-bond donors (Lipinski definition) is 0. The average Bonchev–Trinajstić information content (AvgIpc) is 3.08. The highest BCUT2D eigenvalue weighted by Gasteiger charge is 2.12. The fourth-order valence-electron chi connectivity index (χ4n) is 3.00. The normalized spacial score (nSPS) is 11.5. The zero-order valence-corrected chi connectivity index (χ0v) is 16.5. The summed E-state index contributed by atoms with van der Waals surface area (Å²) >= 11 is 7.58. The highest BCUT2D eigenvalue weighted by molar-refractivity contribution is 7.98. The van der Waals surface area contributed by atoms with E-state index >= 15 is 0 Å². The van der Waals surface area contributed by atoms with Crippen LogP contribution in [0.4, 0.5) is 0 Å². The van der Waals surface area contributed by atoms with Crippen LogP contribution in [-0.4, -0.2) is 18.9 Å². The second kappa shape index (κ2) is 7.74. The summed E-state index contributed by atoms with van der Waals surface area (Å²) in [6.45, 7) is 2.80. The Hall–Kier alpha value is -2.31. The first kappa shape index (κ1) is 18.1. The number of imidazole rings is 1. The summed E-state index contributed by atoms with van der Waals surface area (Å²) in [4.78, 5) is 22.3. The van der Waals surface area contributed by atoms with Crippen molar-refractivity contribution in [2.24, 2.45) is 0 Å². The van der Waals surface area contributed by atoms with Crippen LogP contribution < -0.4 is 5.56 Å². The standard InChI is InChI=1S/C20H19ClN4OS/c1-2-3-10-25-19(26)16-6-4-5-7-17(16)23-20(25)27-13-15-12-24-11-14(21)8-9-18(24)22-15/h4-9,11-12H,2-3,10,13H2,1H3. The first-order chi connectivity index (χ1) is 13.2. The van der Waals surface area contributed by atoms with Crippen molar-refractivity contribution in [3.8, 4) is 0 Å². The molecule has 138 valence electrons. The summed E-state index contributed by atoms with van der Waals surface area (Å²) in [5.74, 6) is 0.635.